The van der Waals surface area contributed by atoms with Crippen molar-refractivity contribution in [1.82, 2.24) is 0 Å². The Bertz CT molecular complexity index is 709. The van der Waals surface area contributed by atoms with Crippen LogP contribution in [-0.2, 0) is 6.61 Å². The van der Waals surface area contributed by atoms with E-state index in [2.05, 4.69) is 15.9 Å². The number of nitrogens with zero attached hydrogens (tertiary/aromatic N) is 1. The molecule has 0 unspecified atom stereocenters. The van der Waals surface area contributed by atoms with Crippen LogP contribution in [0, 0.1) is 17.0 Å². The summed E-state index contributed by atoms with van der Waals surface area (Å²) in [5.74, 6) is -1.01. The van der Waals surface area contributed by atoms with Crippen molar-refractivity contribution in [1.29, 1.82) is 0 Å². The third kappa shape index (κ3) is 3.22. The van der Waals surface area contributed by atoms with Gasteiger partial charge in [-0.3, -0.25) is 10.1 Å². The lowest BCUT2D eigenvalue weighted by Crippen LogP contribution is -1.99. The van der Waals surface area contributed by atoms with Crippen LogP contribution in [0.25, 0.3) is 0 Å². The van der Waals surface area contributed by atoms with Crippen LogP contribution in [0.4, 0.5) is 5.69 Å². The van der Waals surface area contributed by atoms with Gasteiger partial charge < -0.3 is 14.3 Å². The molecule has 0 atom stereocenters. The maximum absolute atomic E-state index is 10.9. The van der Waals surface area contributed by atoms with E-state index in [1.165, 1.54) is 18.2 Å². The van der Waals surface area contributed by atoms with Crippen LogP contribution in [0.3, 0.4) is 0 Å². The predicted octanol–water partition coefficient (Wildman–Crippen LogP) is 3.54. The quantitative estimate of drug-likeness (QED) is 0.649. The standard InChI is InChI=1S/C13H10BrNO6/c1-7-5-8(21-11(7)13(16)17)6-20-12-9(14)3-2-4-10(12)15(18)19/h2-5H,6H2,1H3,(H,16,17). The highest BCUT2D eigenvalue weighted by molar-refractivity contribution is 9.10. The number of nitro benzene ring substituents is 1. The van der Waals surface area contributed by atoms with Gasteiger partial charge >= 0.3 is 11.7 Å². The summed E-state index contributed by atoms with van der Waals surface area (Å²) in [6.45, 7) is 1.48. The van der Waals surface area contributed by atoms with E-state index in [9.17, 15) is 14.9 Å². The second-order valence-electron chi connectivity index (χ2n) is 4.16. The number of nitro groups is 1. The van der Waals surface area contributed by atoms with Gasteiger partial charge in [0.1, 0.15) is 12.4 Å². The number of aryl methyl sites for hydroxylation is 1. The topological polar surface area (TPSA) is 103 Å². The molecule has 0 spiro atoms. The first-order valence-electron chi connectivity index (χ1n) is 5.78. The largest absolute Gasteiger partial charge is 0.478 e. The van der Waals surface area contributed by atoms with Crippen molar-refractivity contribution in [3.05, 3.63) is 55.9 Å². The van der Waals surface area contributed by atoms with Crippen LogP contribution in [-0.4, -0.2) is 16.0 Å². The van der Waals surface area contributed by atoms with E-state index in [1.54, 1.807) is 13.0 Å². The lowest BCUT2D eigenvalue weighted by molar-refractivity contribution is -0.386. The minimum absolute atomic E-state index is 0.0634. The lowest BCUT2D eigenvalue weighted by atomic mass is 10.2. The molecule has 2 rings (SSSR count). The zero-order chi connectivity index (χ0) is 15.6. The summed E-state index contributed by atoms with van der Waals surface area (Å²) in [6.07, 6.45) is 0. The van der Waals surface area contributed by atoms with Gasteiger partial charge in [0.15, 0.2) is 0 Å². The van der Waals surface area contributed by atoms with Gasteiger partial charge in [0.2, 0.25) is 11.5 Å². The molecule has 0 saturated heterocycles. The molecule has 1 aromatic carbocycles. The third-order valence-corrected chi connectivity index (χ3v) is 3.29. The Hall–Kier alpha value is -2.35. The number of ether oxygens (including phenoxy) is 1. The number of carbonyl (C=O) groups is 1. The van der Waals surface area contributed by atoms with Crippen LogP contribution in [0.5, 0.6) is 5.75 Å². The predicted molar refractivity (Wildman–Crippen MR) is 75.5 cm³/mol. The van der Waals surface area contributed by atoms with Gasteiger partial charge in [-0.05, 0) is 35.0 Å². The molecule has 8 heteroatoms. The van der Waals surface area contributed by atoms with E-state index in [0.717, 1.165) is 0 Å². The van der Waals surface area contributed by atoms with Gasteiger partial charge in [0.05, 0.1) is 9.40 Å². The zero-order valence-electron chi connectivity index (χ0n) is 10.8. The van der Waals surface area contributed by atoms with Gasteiger partial charge in [0.25, 0.3) is 0 Å². The molecule has 0 fully saturated rings. The first-order chi connectivity index (χ1) is 9.90. The molecule has 0 saturated carbocycles. The summed E-state index contributed by atoms with van der Waals surface area (Å²) in [6, 6.07) is 5.97. The Morgan fingerprint density at radius 2 is 2.24 bits per heavy atom. The second-order valence-corrected chi connectivity index (χ2v) is 5.02. The summed E-state index contributed by atoms with van der Waals surface area (Å²) in [5, 5.41) is 19.8. The molecule has 2 aromatic rings. The van der Waals surface area contributed by atoms with Gasteiger partial charge in [-0.25, -0.2) is 4.79 Å². The number of halogens is 1. The maximum atomic E-state index is 10.9. The van der Waals surface area contributed by atoms with E-state index < -0.39 is 10.9 Å². The van der Waals surface area contributed by atoms with Crippen molar-refractivity contribution in [2.24, 2.45) is 0 Å². The van der Waals surface area contributed by atoms with Gasteiger partial charge in [-0.1, -0.05) is 6.07 Å². The van der Waals surface area contributed by atoms with Crippen molar-refractivity contribution in [2.75, 3.05) is 0 Å². The second kappa shape index (κ2) is 5.96. The fourth-order valence-corrected chi connectivity index (χ4v) is 2.23. The zero-order valence-corrected chi connectivity index (χ0v) is 12.4. The van der Waals surface area contributed by atoms with Gasteiger partial charge in [-0.2, -0.15) is 0 Å². The molecule has 1 N–H and O–H groups in total. The number of carboxylic acids is 1. The number of benzene rings is 1. The highest BCUT2D eigenvalue weighted by Crippen LogP contribution is 2.35. The van der Waals surface area contributed by atoms with Crippen LogP contribution in [0.15, 0.2) is 33.2 Å². The first kappa shape index (κ1) is 15.0. The number of para-hydroxylation sites is 1. The molecule has 21 heavy (non-hydrogen) atoms. The van der Waals surface area contributed by atoms with Crippen molar-refractivity contribution < 1.29 is 24.0 Å². The molecule has 0 aliphatic heterocycles. The minimum Gasteiger partial charge on any atom is -0.478 e. The van der Waals surface area contributed by atoms with Crippen LogP contribution in [0.2, 0.25) is 0 Å². The molecular formula is C13H10BrNO6. The van der Waals surface area contributed by atoms with Crippen molar-refractivity contribution in [2.45, 2.75) is 13.5 Å². The number of hydrogen-bond donors (Lipinski definition) is 1. The highest BCUT2D eigenvalue weighted by atomic mass is 79.9. The smallest absolute Gasteiger partial charge is 0.372 e. The Morgan fingerprint density at radius 3 is 2.81 bits per heavy atom. The van der Waals surface area contributed by atoms with Crippen molar-refractivity contribution >= 4 is 27.6 Å². The van der Waals surface area contributed by atoms with Crippen molar-refractivity contribution in [3.63, 3.8) is 0 Å². The van der Waals surface area contributed by atoms with Crippen LogP contribution in [0.1, 0.15) is 21.9 Å². The van der Waals surface area contributed by atoms with E-state index in [4.69, 9.17) is 14.3 Å². The molecule has 110 valence electrons. The fourth-order valence-electron chi connectivity index (χ4n) is 1.76. The van der Waals surface area contributed by atoms with Crippen molar-refractivity contribution in [3.8, 4) is 5.75 Å². The average molecular weight is 356 g/mol. The minimum atomic E-state index is -1.18. The van der Waals surface area contributed by atoms with E-state index in [1.807, 2.05) is 0 Å². The number of hydrogen-bond acceptors (Lipinski definition) is 5. The summed E-state index contributed by atoms with van der Waals surface area (Å²) >= 11 is 3.18. The Morgan fingerprint density at radius 1 is 1.52 bits per heavy atom. The fraction of sp³-hybridized carbons (Fsp3) is 0.154. The Labute approximate surface area is 127 Å². The molecule has 1 aromatic heterocycles. The number of carboxylic acid groups (broad SMARTS) is 1. The Balaban J connectivity index is 2.23. The van der Waals surface area contributed by atoms with E-state index in [-0.39, 0.29) is 29.6 Å². The summed E-state index contributed by atoms with van der Waals surface area (Å²) < 4.78 is 10.9. The summed E-state index contributed by atoms with van der Waals surface area (Å²) in [7, 11) is 0. The normalized spacial score (nSPS) is 10.4. The average Bonchev–Trinajstić information content (AvgIpc) is 2.78. The molecule has 1 heterocycles. The lowest BCUT2D eigenvalue weighted by Gasteiger charge is -2.06. The van der Waals surface area contributed by atoms with Crippen LogP contribution < -0.4 is 4.74 Å². The molecule has 0 aliphatic carbocycles. The van der Waals surface area contributed by atoms with E-state index in [0.29, 0.717) is 10.0 Å². The summed E-state index contributed by atoms with van der Waals surface area (Å²) in [5.41, 5.74) is 0.272. The highest BCUT2D eigenvalue weighted by Gasteiger charge is 2.20. The molecule has 0 bridgehead atoms. The monoisotopic (exact) mass is 355 g/mol. The SMILES string of the molecule is Cc1cc(COc2c(Br)cccc2[N+](=O)[O-])oc1C(=O)O. The summed E-state index contributed by atoms with van der Waals surface area (Å²) in [4.78, 5) is 21.3. The van der Waals surface area contributed by atoms with Gasteiger partial charge in [0, 0.05) is 11.6 Å². The number of aromatic carboxylic acids is 1. The number of furan rings is 1. The third-order valence-electron chi connectivity index (χ3n) is 2.66. The molecule has 0 amide bonds. The molecule has 7 nitrogen and oxygen atoms in total. The molecule has 0 radical (unpaired) electrons. The Kier molecular flexibility index (Phi) is 4.27. The first-order valence-corrected chi connectivity index (χ1v) is 6.57. The van der Waals surface area contributed by atoms with Gasteiger partial charge in [-0.15, -0.1) is 0 Å². The van der Waals surface area contributed by atoms with Crippen LogP contribution >= 0.6 is 15.9 Å². The molecular weight excluding hydrogens is 346 g/mol. The molecule has 0 aliphatic rings. The maximum Gasteiger partial charge on any atom is 0.372 e. The number of rotatable bonds is 5. The van der Waals surface area contributed by atoms with E-state index >= 15 is 0 Å².